The second-order valence-electron chi connectivity index (χ2n) is 4.98. The number of aryl methyl sites for hydroxylation is 1. The maximum absolute atomic E-state index is 11.2. The summed E-state index contributed by atoms with van der Waals surface area (Å²) >= 11 is 0. The van der Waals surface area contributed by atoms with Gasteiger partial charge in [0, 0.05) is 18.5 Å². The van der Waals surface area contributed by atoms with Gasteiger partial charge in [-0.1, -0.05) is 26.0 Å². The second-order valence-corrected chi connectivity index (χ2v) is 4.98. The molecule has 0 fully saturated rings. The van der Waals surface area contributed by atoms with Crippen LogP contribution >= 0.6 is 0 Å². The fourth-order valence-corrected chi connectivity index (χ4v) is 1.96. The number of hydrogen-bond acceptors (Lipinski definition) is 3. The molecule has 20 heavy (non-hydrogen) atoms. The summed E-state index contributed by atoms with van der Waals surface area (Å²) in [6, 6.07) is 7.51. The lowest BCUT2D eigenvalue weighted by Gasteiger charge is -2.15. The van der Waals surface area contributed by atoms with Crippen molar-refractivity contribution in [3.05, 3.63) is 53.3 Å². The van der Waals surface area contributed by atoms with Gasteiger partial charge in [0.25, 0.3) is 0 Å². The number of hydrogen-bond donors (Lipinski definition) is 1. The molecule has 1 aromatic heterocycles. The Morgan fingerprint density at radius 3 is 2.65 bits per heavy atom. The van der Waals surface area contributed by atoms with Gasteiger partial charge in [0.15, 0.2) is 0 Å². The molecule has 104 valence electrons. The Bertz CT molecular complexity index is 635. The van der Waals surface area contributed by atoms with Crippen LogP contribution in [0.3, 0.4) is 0 Å². The molecule has 2 rings (SSSR count). The molecule has 4 nitrogen and oxygen atoms in total. The van der Waals surface area contributed by atoms with E-state index < -0.39 is 5.97 Å². The molecule has 0 spiro atoms. The molecule has 0 saturated carbocycles. The first-order valence-electron chi connectivity index (χ1n) is 6.44. The van der Waals surface area contributed by atoms with E-state index in [1.165, 1.54) is 12.4 Å². The summed E-state index contributed by atoms with van der Waals surface area (Å²) in [5, 5.41) is 9.16. The fourth-order valence-electron chi connectivity index (χ4n) is 1.96. The van der Waals surface area contributed by atoms with Gasteiger partial charge in [-0.25, -0.2) is 4.79 Å². The summed E-state index contributed by atoms with van der Waals surface area (Å²) in [5.74, 6) is 0.237. The maximum Gasteiger partial charge on any atom is 0.341 e. The van der Waals surface area contributed by atoms with Gasteiger partial charge in [0.1, 0.15) is 17.1 Å². The third kappa shape index (κ3) is 2.96. The number of pyridine rings is 1. The zero-order valence-electron chi connectivity index (χ0n) is 11.8. The molecule has 0 atom stereocenters. The molecule has 0 aliphatic carbocycles. The van der Waals surface area contributed by atoms with Crippen LogP contribution in [0.4, 0.5) is 0 Å². The Morgan fingerprint density at radius 2 is 2.00 bits per heavy atom. The van der Waals surface area contributed by atoms with Crippen LogP contribution in [0.2, 0.25) is 0 Å². The summed E-state index contributed by atoms with van der Waals surface area (Å²) in [4.78, 5) is 15.0. The molecule has 0 saturated heterocycles. The highest BCUT2D eigenvalue weighted by Crippen LogP contribution is 2.32. The molecule has 1 aromatic carbocycles. The minimum atomic E-state index is -1.05. The Kier molecular flexibility index (Phi) is 4.03. The molecule has 2 aromatic rings. The number of carbonyl (C=O) groups is 1. The van der Waals surface area contributed by atoms with Crippen LogP contribution in [0.5, 0.6) is 11.5 Å². The number of aromatic nitrogens is 1. The summed E-state index contributed by atoms with van der Waals surface area (Å²) < 4.78 is 5.82. The van der Waals surface area contributed by atoms with Crippen molar-refractivity contribution in [3.8, 4) is 11.5 Å². The van der Waals surface area contributed by atoms with Gasteiger partial charge in [-0.2, -0.15) is 0 Å². The van der Waals surface area contributed by atoms with Crippen molar-refractivity contribution in [2.45, 2.75) is 26.7 Å². The van der Waals surface area contributed by atoms with Gasteiger partial charge in [-0.05, 0) is 30.0 Å². The average Bonchev–Trinajstić information content (AvgIpc) is 2.38. The molecule has 4 heteroatoms. The molecule has 0 aliphatic heterocycles. The Balaban J connectivity index is 2.45. The first-order chi connectivity index (χ1) is 9.49. The van der Waals surface area contributed by atoms with Crippen LogP contribution in [-0.4, -0.2) is 16.1 Å². The minimum absolute atomic E-state index is 0.0590. The van der Waals surface area contributed by atoms with Crippen molar-refractivity contribution in [2.24, 2.45) is 0 Å². The quantitative estimate of drug-likeness (QED) is 0.912. The van der Waals surface area contributed by atoms with E-state index in [4.69, 9.17) is 9.84 Å². The molecule has 0 radical (unpaired) electrons. The summed E-state index contributed by atoms with van der Waals surface area (Å²) in [6.07, 6.45) is 2.81. The van der Waals surface area contributed by atoms with Crippen LogP contribution in [0.25, 0.3) is 0 Å². The number of carboxylic acid groups (broad SMARTS) is 1. The molecule has 1 N–H and O–H groups in total. The van der Waals surface area contributed by atoms with Crippen molar-refractivity contribution in [3.63, 3.8) is 0 Å². The Morgan fingerprint density at radius 1 is 1.25 bits per heavy atom. The highest BCUT2D eigenvalue weighted by molar-refractivity contribution is 5.90. The predicted octanol–water partition coefficient (Wildman–Crippen LogP) is 4.00. The maximum atomic E-state index is 11.2. The van der Waals surface area contributed by atoms with Crippen LogP contribution < -0.4 is 4.74 Å². The lowest BCUT2D eigenvalue weighted by molar-refractivity contribution is 0.0693. The van der Waals surface area contributed by atoms with Gasteiger partial charge in [-0.3, -0.25) is 4.98 Å². The molecular formula is C16H17NO3. The highest BCUT2D eigenvalue weighted by Gasteiger charge is 2.14. The number of benzene rings is 1. The standard InChI is InChI=1S/C16H17NO3/c1-10(2)12-5-4-11(3)8-15(12)20-14-6-7-17-9-13(14)16(18)19/h4-10H,1-3H3,(H,18,19). The summed E-state index contributed by atoms with van der Waals surface area (Å²) in [5.41, 5.74) is 2.17. The van der Waals surface area contributed by atoms with E-state index in [1.54, 1.807) is 6.07 Å². The van der Waals surface area contributed by atoms with E-state index in [0.29, 0.717) is 17.4 Å². The lowest BCUT2D eigenvalue weighted by Crippen LogP contribution is -2.02. The number of ether oxygens (including phenoxy) is 1. The first kappa shape index (κ1) is 14.1. The zero-order valence-corrected chi connectivity index (χ0v) is 11.8. The van der Waals surface area contributed by atoms with Crippen LogP contribution in [0.15, 0.2) is 36.7 Å². The largest absolute Gasteiger partial charge is 0.477 e. The zero-order chi connectivity index (χ0) is 14.7. The van der Waals surface area contributed by atoms with E-state index in [1.807, 2.05) is 25.1 Å². The Labute approximate surface area is 118 Å². The normalized spacial score (nSPS) is 10.6. The van der Waals surface area contributed by atoms with Gasteiger partial charge in [-0.15, -0.1) is 0 Å². The van der Waals surface area contributed by atoms with Crippen molar-refractivity contribution < 1.29 is 14.6 Å². The van der Waals surface area contributed by atoms with Crippen LogP contribution in [0.1, 0.15) is 41.3 Å². The molecule has 0 aliphatic rings. The second kappa shape index (κ2) is 5.74. The van der Waals surface area contributed by atoms with Crippen LogP contribution in [0, 0.1) is 6.92 Å². The number of nitrogens with zero attached hydrogens (tertiary/aromatic N) is 1. The van der Waals surface area contributed by atoms with Crippen molar-refractivity contribution in [2.75, 3.05) is 0 Å². The molecule has 0 amide bonds. The van der Waals surface area contributed by atoms with Gasteiger partial charge in [0.2, 0.25) is 0 Å². The fraction of sp³-hybridized carbons (Fsp3) is 0.250. The van der Waals surface area contributed by atoms with Crippen molar-refractivity contribution in [1.82, 2.24) is 4.98 Å². The topological polar surface area (TPSA) is 59.4 Å². The van der Waals surface area contributed by atoms with Crippen molar-refractivity contribution >= 4 is 5.97 Å². The van der Waals surface area contributed by atoms with E-state index in [-0.39, 0.29) is 5.56 Å². The SMILES string of the molecule is Cc1ccc(C(C)C)c(Oc2ccncc2C(=O)O)c1. The lowest BCUT2D eigenvalue weighted by atomic mass is 10.0. The Hall–Kier alpha value is -2.36. The third-order valence-electron chi connectivity index (χ3n) is 3.02. The molecule has 0 bridgehead atoms. The summed E-state index contributed by atoms with van der Waals surface area (Å²) in [7, 11) is 0. The average molecular weight is 271 g/mol. The third-order valence-corrected chi connectivity index (χ3v) is 3.02. The monoisotopic (exact) mass is 271 g/mol. The van der Waals surface area contributed by atoms with Gasteiger partial charge in [0.05, 0.1) is 0 Å². The number of carboxylic acids is 1. The molecular weight excluding hydrogens is 254 g/mol. The van der Waals surface area contributed by atoms with Gasteiger partial charge >= 0.3 is 5.97 Å². The smallest absolute Gasteiger partial charge is 0.341 e. The minimum Gasteiger partial charge on any atom is -0.477 e. The van der Waals surface area contributed by atoms with Crippen LogP contribution in [-0.2, 0) is 0 Å². The van der Waals surface area contributed by atoms with E-state index in [2.05, 4.69) is 18.8 Å². The van der Waals surface area contributed by atoms with E-state index in [9.17, 15) is 4.79 Å². The van der Waals surface area contributed by atoms with Gasteiger partial charge < -0.3 is 9.84 Å². The number of aromatic carboxylic acids is 1. The number of rotatable bonds is 4. The highest BCUT2D eigenvalue weighted by atomic mass is 16.5. The van der Waals surface area contributed by atoms with E-state index in [0.717, 1.165) is 11.1 Å². The predicted molar refractivity (Wildman–Crippen MR) is 76.5 cm³/mol. The first-order valence-corrected chi connectivity index (χ1v) is 6.44. The summed E-state index contributed by atoms with van der Waals surface area (Å²) in [6.45, 7) is 6.12. The molecule has 1 heterocycles. The van der Waals surface area contributed by atoms with Crippen molar-refractivity contribution in [1.29, 1.82) is 0 Å². The molecule has 0 unspecified atom stereocenters. The van der Waals surface area contributed by atoms with E-state index >= 15 is 0 Å².